The van der Waals surface area contributed by atoms with E-state index in [4.69, 9.17) is 14.2 Å². The summed E-state index contributed by atoms with van der Waals surface area (Å²) >= 11 is 0. The van der Waals surface area contributed by atoms with Crippen LogP contribution >= 0.6 is 0 Å². The molecule has 0 bridgehead atoms. The Labute approximate surface area is 190 Å². The molecule has 0 saturated carbocycles. The van der Waals surface area contributed by atoms with E-state index in [-0.39, 0.29) is 30.0 Å². The van der Waals surface area contributed by atoms with E-state index in [1.807, 2.05) is 13.8 Å². The summed E-state index contributed by atoms with van der Waals surface area (Å²) in [6.07, 6.45) is -1.63. The Balaban J connectivity index is 3.19. The molecular weight excluding hydrogens is 414 g/mol. The molecule has 1 amide bonds. The zero-order valence-corrected chi connectivity index (χ0v) is 20.6. The molecular formula is C24H37NO7. The second kappa shape index (κ2) is 11.3. The van der Waals surface area contributed by atoms with Gasteiger partial charge in [0, 0.05) is 6.04 Å². The van der Waals surface area contributed by atoms with E-state index < -0.39 is 35.7 Å². The van der Waals surface area contributed by atoms with Crippen LogP contribution in [0.5, 0.6) is 11.5 Å². The van der Waals surface area contributed by atoms with Crippen LogP contribution in [0.25, 0.3) is 0 Å². The molecule has 0 aliphatic heterocycles. The number of hydrogen-bond donors (Lipinski definition) is 1. The summed E-state index contributed by atoms with van der Waals surface area (Å²) in [5.41, 5.74) is -0.273. The summed E-state index contributed by atoms with van der Waals surface area (Å²) in [4.78, 5) is 38.2. The lowest BCUT2D eigenvalue weighted by molar-refractivity contribution is -0.140. The van der Waals surface area contributed by atoms with Gasteiger partial charge in [-0.1, -0.05) is 33.8 Å². The van der Waals surface area contributed by atoms with Crippen molar-refractivity contribution in [1.82, 2.24) is 4.90 Å². The third-order valence-corrected chi connectivity index (χ3v) is 4.34. The van der Waals surface area contributed by atoms with Crippen molar-refractivity contribution >= 4 is 18.0 Å². The van der Waals surface area contributed by atoms with Crippen molar-refractivity contribution < 1.29 is 33.7 Å². The Morgan fingerprint density at radius 3 is 1.84 bits per heavy atom. The zero-order valence-electron chi connectivity index (χ0n) is 20.6. The van der Waals surface area contributed by atoms with Crippen molar-refractivity contribution in [1.29, 1.82) is 0 Å². The highest BCUT2D eigenvalue weighted by Gasteiger charge is 2.27. The number of esters is 2. The standard InChI is InChI=1S/C24H37NO7/c1-14(2)21(27)30-19-11-10-17(12-20(19)31-22(28)15(3)4)18(26)13-25(16(5)6)23(29)32-24(7,8)9/h10-12,14-16,18,26H,13H2,1-9H3/t18-/m1/s1. The van der Waals surface area contributed by atoms with Crippen LogP contribution in [0.15, 0.2) is 18.2 Å². The number of amides is 1. The van der Waals surface area contributed by atoms with Gasteiger partial charge in [0.1, 0.15) is 5.60 Å². The molecule has 1 aromatic carbocycles. The maximum absolute atomic E-state index is 12.6. The third kappa shape index (κ3) is 8.49. The first-order valence-electron chi connectivity index (χ1n) is 10.9. The maximum Gasteiger partial charge on any atom is 0.410 e. The van der Waals surface area contributed by atoms with Crippen LogP contribution < -0.4 is 9.47 Å². The van der Waals surface area contributed by atoms with Crippen LogP contribution in [0.2, 0.25) is 0 Å². The van der Waals surface area contributed by atoms with Gasteiger partial charge in [0.2, 0.25) is 0 Å². The van der Waals surface area contributed by atoms with Gasteiger partial charge in [-0.15, -0.1) is 0 Å². The molecule has 1 rings (SSSR count). The highest BCUT2D eigenvalue weighted by Crippen LogP contribution is 2.32. The van der Waals surface area contributed by atoms with Gasteiger partial charge in [-0.2, -0.15) is 0 Å². The lowest BCUT2D eigenvalue weighted by Crippen LogP contribution is -2.43. The van der Waals surface area contributed by atoms with Gasteiger partial charge >= 0.3 is 18.0 Å². The summed E-state index contributed by atoms with van der Waals surface area (Å²) in [5, 5.41) is 10.8. The number of benzene rings is 1. The average molecular weight is 452 g/mol. The minimum atomic E-state index is -1.09. The van der Waals surface area contributed by atoms with E-state index in [0.717, 1.165) is 0 Å². The largest absolute Gasteiger partial charge is 0.444 e. The third-order valence-electron chi connectivity index (χ3n) is 4.34. The Morgan fingerprint density at radius 1 is 0.906 bits per heavy atom. The van der Waals surface area contributed by atoms with Gasteiger partial charge in [-0.3, -0.25) is 9.59 Å². The van der Waals surface area contributed by atoms with Gasteiger partial charge in [-0.25, -0.2) is 4.79 Å². The molecule has 8 heteroatoms. The van der Waals surface area contributed by atoms with Crippen LogP contribution in [-0.4, -0.2) is 46.2 Å². The number of rotatable bonds is 8. The van der Waals surface area contributed by atoms with Crippen molar-refractivity contribution in [3.05, 3.63) is 23.8 Å². The molecule has 8 nitrogen and oxygen atoms in total. The van der Waals surface area contributed by atoms with Crippen LogP contribution in [0, 0.1) is 11.8 Å². The fourth-order valence-electron chi connectivity index (χ4n) is 2.46. The molecule has 32 heavy (non-hydrogen) atoms. The predicted octanol–water partition coefficient (Wildman–Crippen LogP) is 4.49. The molecule has 1 N–H and O–H groups in total. The summed E-state index contributed by atoms with van der Waals surface area (Å²) in [7, 11) is 0. The van der Waals surface area contributed by atoms with Gasteiger partial charge in [0.15, 0.2) is 11.5 Å². The first-order chi connectivity index (χ1) is 14.6. The predicted molar refractivity (Wildman–Crippen MR) is 120 cm³/mol. The lowest BCUT2D eigenvalue weighted by atomic mass is 10.1. The number of aliphatic hydroxyl groups excluding tert-OH is 1. The van der Waals surface area contributed by atoms with Gasteiger partial charge in [0.25, 0.3) is 0 Å². The number of aliphatic hydroxyl groups is 1. The van der Waals surface area contributed by atoms with E-state index in [9.17, 15) is 19.5 Å². The van der Waals surface area contributed by atoms with Crippen LogP contribution in [0.3, 0.4) is 0 Å². The second-order valence-electron chi connectivity index (χ2n) is 9.60. The quantitative estimate of drug-likeness (QED) is 0.459. The van der Waals surface area contributed by atoms with Crippen molar-refractivity contribution in [3.8, 4) is 11.5 Å². The Bertz CT molecular complexity index is 809. The Kier molecular flexibility index (Phi) is 9.70. The fraction of sp³-hybridized carbons (Fsp3) is 0.625. The van der Waals surface area contributed by atoms with Gasteiger partial charge in [0.05, 0.1) is 24.5 Å². The van der Waals surface area contributed by atoms with Gasteiger partial charge < -0.3 is 24.2 Å². The molecule has 1 atom stereocenters. The Hall–Kier alpha value is -2.61. The number of carbonyl (C=O) groups is 3. The number of hydrogen-bond acceptors (Lipinski definition) is 7. The second-order valence-corrected chi connectivity index (χ2v) is 9.60. The van der Waals surface area contributed by atoms with Crippen molar-refractivity contribution in [2.45, 2.75) is 80.1 Å². The summed E-state index contributed by atoms with van der Waals surface area (Å²) in [6, 6.07) is 4.26. The van der Waals surface area contributed by atoms with E-state index in [0.29, 0.717) is 5.56 Å². The van der Waals surface area contributed by atoms with E-state index in [1.54, 1.807) is 54.5 Å². The maximum atomic E-state index is 12.6. The SMILES string of the molecule is CC(C)C(=O)Oc1ccc([C@H](O)CN(C(=O)OC(C)(C)C)C(C)C)cc1OC(=O)C(C)C. The average Bonchev–Trinajstić information content (AvgIpc) is 2.64. The Morgan fingerprint density at radius 2 is 1.41 bits per heavy atom. The van der Waals surface area contributed by atoms with Crippen molar-refractivity contribution in [2.75, 3.05) is 6.54 Å². The highest BCUT2D eigenvalue weighted by molar-refractivity contribution is 5.78. The number of carbonyl (C=O) groups excluding carboxylic acids is 3. The van der Waals surface area contributed by atoms with E-state index in [2.05, 4.69) is 0 Å². The normalized spacial score (nSPS) is 12.7. The van der Waals surface area contributed by atoms with Crippen LogP contribution in [0.1, 0.15) is 74.0 Å². The minimum absolute atomic E-state index is 0.0302. The molecule has 180 valence electrons. The molecule has 0 aromatic heterocycles. The fourth-order valence-corrected chi connectivity index (χ4v) is 2.46. The smallest absolute Gasteiger partial charge is 0.410 e. The molecule has 0 unspecified atom stereocenters. The molecule has 0 fully saturated rings. The molecule has 0 aliphatic rings. The van der Waals surface area contributed by atoms with Crippen LogP contribution in [0.4, 0.5) is 4.79 Å². The first kappa shape index (κ1) is 27.4. The molecule has 0 aliphatic carbocycles. The molecule has 1 aromatic rings. The highest BCUT2D eigenvalue weighted by atomic mass is 16.6. The summed E-state index contributed by atoms with van der Waals surface area (Å²) in [6.45, 7) is 15.7. The van der Waals surface area contributed by atoms with Crippen molar-refractivity contribution in [2.24, 2.45) is 11.8 Å². The van der Waals surface area contributed by atoms with E-state index >= 15 is 0 Å². The van der Waals surface area contributed by atoms with Crippen molar-refractivity contribution in [3.63, 3.8) is 0 Å². The lowest BCUT2D eigenvalue weighted by Gasteiger charge is -2.31. The zero-order chi connectivity index (χ0) is 24.8. The molecule has 0 radical (unpaired) electrons. The first-order valence-corrected chi connectivity index (χ1v) is 10.9. The number of nitrogens with zero attached hydrogens (tertiary/aromatic N) is 1. The topological polar surface area (TPSA) is 102 Å². The monoisotopic (exact) mass is 451 g/mol. The molecule has 0 heterocycles. The van der Waals surface area contributed by atoms with Crippen LogP contribution in [-0.2, 0) is 14.3 Å². The minimum Gasteiger partial charge on any atom is -0.444 e. The summed E-state index contributed by atoms with van der Waals surface area (Å²) in [5.74, 6) is -1.64. The molecule has 0 saturated heterocycles. The van der Waals surface area contributed by atoms with E-state index in [1.165, 1.54) is 17.0 Å². The number of ether oxygens (including phenoxy) is 3. The summed E-state index contributed by atoms with van der Waals surface area (Å²) < 4.78 is 16.2. The van der Waals surface area contributed by atoms with Gasteiger partial charge in [-0.05, 0) is 52.3 Å². The molecule has 0 spiro atoms.